The van der Waals surface area contributed by atoms with E-state index in [4.69, 9.17) is 0 Å². The van der Waals surface area contributed by atoms with Gasteiger partial charge in [-0.05, 0) is 114 Å². The van der Waals surface area contributed by atoms with Crippen LogP contribution in [0.3, 0.4) is 0 Å². The van der Waals surface area contributed by atoms with Crippen molar-refractivity contribution in [3.63, 3.8) is 0 Å². The summed E-state index contributed by atoms with van der Waals surface area (Å²) in [5, 5.41) is 0. The summed E-state index contributed by atoms with van der Waals surface area (Å²) >= 11 is 0. The molecule has 9 atom stereocenters. The second kappa shape index (κ2) is 6.63. The van der Waals surface area contributed by atoms with E-state index in [1.54, 1.807) is 0 Å². The standard InChI is InChI=1S/C30H50O/c1-19(2)21-11-13-27(5)15-16-29(7)22(25(21)27)9-10-24-28(6)18-20(31)17-26(3,4)23(28)12-14-30(24,29)8/h19,21-25H,9-18H2,1-8H3/t21-,22+,23-,24+,25+,27+,28-,29+,30+/m0/s1. The number of fused-ring (bicyclic) bond motifs is 7. The van der Waals surface area contributed by atoms with Gasteiger partial charge in [0.2, 0.25) is 0 Å². The molecule has 5 aliphatic carbocycles. The van der Waals surface area contributed by atoms with Crippen molar-refractivity contribution < 1.29 is 4.79 Å². The number of rotatable bonds is 1. The van der Waals surface area contributed by atoms with E-state index in [1.807, 2.05) is 0 Å². The Labute approximate surface area is 192 Å². The third kappa shape index (κ3) is 2.76. The Morgan fingerprint density at radius 1 is 0.742 bits per heavy atom. The molecule has 0 unspecified atom stereocenters. The fourth-order valence-corrected chi connectivity index (χ4v) is 11.8. The van der Waals surface area contributed by atoms with Gasteiger partial charge in [-0.25, -0.2) is 0 Å². The van der Waals surface area contributed by atoms with Gasteiger partial charge in [-0.1, -0.05) is 55.4 Å². The maximum Gasteiger partial charge on any atom is 0.134 e. The van der Waals surface area contributed by atoms with Crippen LogP contribution in [0.5, 0.6) is 0 Å². The molecule has 0 heterocycles. The second-order valence-electron chi connectivity index (χ2n) is 15.2. The van der Waals surface area contributed by atoms with Gasteiger partial charge in [0.1, 0.15) is 5.78 Å². The first-order valence-electron chi connectivity index (χ1n) is 13.8. The monoisotopic (exact) mass is 426 g/mol. The molecule has 5 fully saturated rings. The van der Waals surface area contributed by atoms with Gasteiger partial charge < -0.3 is 0 Å². The molecule has 1 nitrogen and oxygen atoms in total. The van der Waals surface area contributed by atoms with Gasteiger partial charge in [0.05, 0.1) is 0 Å². The SMILES string of the molecule is CC(C)[C@@H]1CC[C@]2(C)CC[C@]3(C)[C@H](CC[C@@H]4[C@@]5(C)CC(=O)CC(C)(C)[C@@H]5CC[C@]43C)[C@@H]12. The van der Waals surface area contributed by atoms with Crippen LogP contribution in [0.15, 0.2) is 0 Å². The Morgan fingerprint density at radius 2 is 1.45 bits per heavy atom. The molecule has 0 aromatic carbocycles. The predicted octanol–water partition coefficient (Wildman–Crippen LogP) is 8.31. The van der Waals surface area contributed by atoms with E-state index in [0.29, 0.717) is 22.0 Å². The highest BCUT2D eigenvalue weighted by Crippen LogP contribution is 2.77. The van der Waals surface area contributed by atoms with Crippen molar-refractivity contribution in [3.8, 4) is 0 Å². The van der Waals surface area contributed by atoms with E-state index < -0.39 is 0 Å². The van der Waals surface area contributed by atoms with Crippen LogP contribution in [-0.2, 0) is 4.79 Å². The smallest absolute Gasteiger partial charge is 0.134 e. The van der Waals surface area contributed by atoms with E-state index in [2.05, 4.69) is 55.4 Å². The molecule has 0 N–H and O–H groups in total. The average molecular weight is 427 g/mol. The first-order valence-corrected chi connectivity index (χ1v) is 13.8. The summed E-state index contributed by atoms with van der Waals surface area (Å²) < 4.78 is 0. The van der Waals surface area contributed by atoms with Gasteiger partial charge in [0, 0.05) is 12.8 Å². The number of ketones is 1. The fourth-order valence-electron chi connectivity index (χ4n) is 11.8. The highest BCUT2D eigenvalue weighted by Gasteiger charge is 2.70. The molecule has 0 spiro atoms. The van der Waals surface area contributed by atoms with Crippen molar-refractivity contribution >= 4 is 5.78 Å². The molecule has 1 heteroatoms. The summed E-state index contributed by atoms with van der Waals surface area (Å²) in [6.45, 7) is 20.5. The first-order chi connectivity index (χ1) is 14.3. The van der Waals surface area contributed by atoms with Gasteiger partial charge in [-0.15, -0.1) is 0 Å². The van der Waals surface area contributed by atoms with Crippen molar-refractivity contribution in [1.29, 1.82) is 0 Å². The van der Waals surface area contributed by atoms with Crippen LogP contribution in [0.25, 0.3) is 0 Å². The Kier molecular flexibility index (Phi) is 4.80. The second-order valence-corrected chi connectivity index (χ2v) is 15.2. The minimum atomic E-state index is 0.183. The van der Waals surface area contributed by atoms with Crippen LogP contribution in [0.4, 0.5) is 0 Å². The zero-order chi connectivity index (χ0) is 22.6. The largest absolute Gasteiger partial charge is 0.300 e. The Hall–Kier alpha value is -0.330. The van der Waals surface area contributed by atoms with Crippen molar-refractivity contribution in [3.05, 3.63) is 0 Å². The van der Waals surface area contributed by atoms with Crippen molar-refractivity contribution in [2.75, 3.05) is 0 Å². The summed E-state index contributed by atoms with van der Waals surface area (Å²) in [6.07, 6.45) is 13.0. The fraction of sp³-hybridized carbons (Fsp3) is 0.967. The number of hydrogen-bond donors (Lipinski definition) is 0. The molecule has 31 heavy (non-hydrogen) atoms. The highest BCUT2D eigenvalue weighted by molar-refractivity contribution is 5.81. The van der Waals surface area contributed by atoms with E-state index in [0.717, 1.165) is 48.3 Å². The minimum absolute atomic E-state index is 0.183. The van der Waals surface area contributed by atoms with E-state index >= 15 is 0 Å². The Morgan fingerprint density at radius 3 is 2.13 bits per heavy atom. The topological polar surface area (TPSA) is 17.1 Å². The van der Waals surface area contributed by atoms with Gasteiger partial charge in [0.25, 0.3) is 0 Å². The number of carbonyl (C=O) groups is 1. The summed E-state index contributed by atoms with van der Waals surface area (Å²) in [5.74, 6) is 5.58. The molecule has 0 radical (unpaired) electrons. The quantitative estimate of drug-likeness (QED) is 0.412. The van der Waals surface area contributed by atoms with Crippen LogP contribution in [0.2, 0.25) is 0 Å². The number of Topliss-reactive ketones (excluding diaryl/α,β-unsaturated/α-hetero) is 1. The summed E-state index contributed by atoms with van der Waals surface area (Å²) in [6, 6.07) is 0. The molecule has 0 aromatic rings. The molecular weight excluding hydrogens is 376 g/mol. The zero-order valence-electron chi connectivity index (χ0n) is 21.9. The van der Waals surface area contributed by atoms with Crippen LogP contribution >= 0.6 is 0 Å². The summed E-state index contributed by atoms with van der Waals surface area (Å²) in [5.41, 5.74) is 1.85. The van der Waals surface area contributed by atoms with E-state index in [1.165, 1.54) is 51.4 Å². The molecule has 0 aromatic heterocycles. The van der Waals surface area contributed by atoms with Crippen LogP contribution < -0.4 is 0 Å². The molecular formula is C30H50O. The molecule has 0 aliphatic heterocycles. The Bertz CT molecular complexity index is 764. The Balaban J connectivity index is 1.55. The van der Waals surface area contributed by atoms with Gasteiger partial charge in [-0.2, -0.15) is 0 Å². The minimum Gasteiger partial charge on any atom is -0.300 e. The number of carbonyl (C=O) groups excluding carboxylic acids is 1. The van der Waals surface area contributed by atoms with E-state index in [9.17, 15) is 4.79 Å². The van der Waals surface area contributed by atoms with E-state index in [-0.39, 0.29) is 10.8 Å². The molecule has 0 amide bonds. The van der Waals surface area contributed by atoms with Crippen LogP contribution in [-0.4, -0.2) is 5.78 Å². The number of hydrogen-bond acceptors (Lipinski definition) is 1. The summed E-state index contributed by atoms with van der Waals surface area (Å²) in [4.78, 5) is 13.0. The van der Waals surface area contributed by atoms with Crippen molar-refractivity contribution in [1.82, 2.24) is 0 Å². The third-order valence-electron chi connectivity index (χ3n) is 13.2. The molecule has 176 valence electrons. The zero-order valence-corrected chi connectivity index (χ0v) is 21.9. The maximum atomic E-state index is 13.0. The average Bonchev–Trinajstić information content (AvgIpc) is 2.99. The van der Waals surface area contributed by atoms with Gasteiger partial charge >= 0.3 is 0 Å². The maximum absolute atomic E-state index is 13.0. The molecule has 5 saturated carbocycles. The van der Waals surface area contributed by atoms with Crippen molar-refractivity contribution in [2.45, 2.75) is 120 Å². The third-order valence-corrected chi connectivity index (χ3v) is 13.2. The van der Waals surface area contributed by atoms with Crippen LogP contribution in [0.1, 0.15) is 120 Å². The lowest BCUT2D eigenvalue weighted by atomic mass is 9.32. The molecule has 5 aliphatic rings. The predicted molar refractivity (Wildman–Crippen MR) is 130 cm³/mol. The lowest BCUT2D eigenvalue weighted by Crippen LogP contribution is -2.66. The lowest BCUT2D eigenvalue weighted by molar-refractivity contribution is -0.234. The molecule has 0 saturated heterocycles. The normalized spacial score (nSPS) is 55.9. The van der Waals surface area contributed by atoms with Gasteiger partial charge in [0.15, 0.2) is 0 Å². The highest BCUT2D eigenvalue weighted by atomic mass is 16.1. The van der Waals surface area contributed by atoms with Crippen LogP contribution in [0, 0.1) is 62.6 Å². The first kappa shape index (κ1) is 22.5. The van der Waals surface area contributed by atoms with Crippen molar-refractivity contribution in [2.24, 2.45) is 62.6 Å². The molecule has 5 rings (SSSR count). The summed E-state index contributed by atoms with van der Waals surface area (Å²) in [7, 11) is 0. The van der Waals surface area contributed by atoms with Gasteiger partial charge in [-0.3, -0.25) is 4.79 Å². The lowest BCUT2D eigenvalue weighted by Gasteiger charge is -2.72. The molecule has 0 bridgehead atoms.